The number of ether oxygens (including phenoxy) is 3. The third-order valence-corrected chi connectivity index (χ3v) is 4.49. The molecule has 1 aliphatic rings. The second-order valence-corrected chi connectivity index (χ2v) is 6.80. The molecule has 1 heterocycles. The third-order valence-electron chi connectivity index (χ3n) is 4.49. The highest BCUT2D eigenvalue weighted by Gasteiger charge is 2.25. The summed E-state index contributed by atoms with van der Waals surface area (Å²) in [6, 6.07) is 11.7. The predicted molar refractivity (Wildman–Crippen MR) is 103 cm³/mol. The van der Waals surface area contributed by atoms with Gasteiger partial charge in [0.15, 0.2) is 11.5 Å². The van der Waals surface area contributed by atoms with Crippen molar-refractivity contribution in [2.45, 2.75) is 26.4 Å². The van der Waals surface area contributed by atoms with Gasteiger partial charge in [0.05, 0.1) is 12.7 Å². The van der Waals surface area contributed by atoms with Gasteiger partial charge in [-0.05, 0) is 35.7 Å². The van der Waals surface area contributed by atoms with Crippen LogP contribution in [0.25, 0.3) is 0 Å². The number of methoxy groups -OCH3 is 1. The first kappa shape index (κ1) is 19.5. The number of hydrogen-bond donors (Lipinski definition) is 2. The van der Waals surface area contributed by atoms with Gasteiger partial charge in [-0.15, -0.1) is 0 Å². The lowest BCUT2D eigenvalue weighted by Gasteiger charge is -2.22. The molecule has 2 amide bonds. The monoisotopic (exact) mass is 384 g/mol. The number of carbonyl (C=O) groups excluding carboxylic acids is 2. The van der Waals surface area contributed by atoms with E-state index in [0.717, 1.165) is 5.56 Å². The van der Waals surface area contributed by atoms with Crippen LogP contribution in [0.4, 0.5) is 0 Å². The fourth-order valence-electron chi connectivity index (χ4n) is 2.94. The fourth-order valence-corrected chi connectivity index (χ4v) is 2.94. The van der Waals surface area contributed by atoms with Crippen LogP contribution in [-0.2, 0) is 11.3 Å². The topological polar surface area (TPSA) is 85.9 Å². The number of carbonyl (C=O) groups is 2. The molecule has 0 radical (unpaired) electrons. The quantitative estimate of drug-likeness (QED) is 0.766. The number of benzene rings is 2. The molecule has 1 aliphatic heterocycles. The molecule has 1 atom stereocenters. The first-order valence-corrected chi connectivity index (χ1v) is 9.09. The first-order chi connectivity index (χ1) is 13.5. The molecular weight excluding hydrogens is 360 g/mol. The summed E-state index contributed by atoms with van der Waals surface area (Å²) in [6.07, 6.45) is 0. The van der Waals surface area contributed by atoms with E-state index in [9.17, 15) is 9.59 Å². The van der Waals surface area contributed by atoms with Crippen LogP contribution in [0.2, 0.25) is 0 Å². The lowest BCUT2D eigenvalue weighted by atomic mass is 10.0. The van der Waals surface area contributed by atoms with Crippen molar-refractivity contribution in [3.63, 3.8) is 0 Å². The minimum atomic E-state index is -0.675. The minimum Gasteiger partial charge on any atom is -0.496 e. The molecule has 3 rings (SSSR count). The number of para-hydroxylation sites is 1. The summed E-state index contributed by atoms with van der Waals surface area (Å²) >= 11 is 0. The van der Waals surface area contributed by atoms with Crippen molar-refractivity contribution in [3.8, 4) is 17.2 Å². The molecule has 0 aromatic heterocycles. The summed E-state index contributed by atoms with van der Waals surface area (Å²) < 4.78 is 15.9. The predicted octanol–water partition coefficient (Wildman–Crippen LogP) is 2.49. The van der Waals surface area contributed by atoms with E-state index in [1.54, 1.807) is 24.3 Å². The maximum absolute atomic E-state index is 12.7. The third kappa shape index (κ3) is 4.36. The van der Waals surface area contributed by atoms with Crippen molar-refractivity contribution in [2.75, 3.05) is 13.9 Å². The summed E-state index contributed by atoms with van der Waals surface area (Å²) in [4.78, 5) is 25.3. The Hall–Kier alpha value is -3.22. The number of hydrogen-bond acceptors (Lipinski definition) is 5. The normalized spacial score (nSPS) is 13.1. The lowest BCUT2D eigenvalue weighted by Crippen LogP contribution is -2.49. The van der Waals surface area contributed by atoms with Gasteiger partial charge in [0, 0.05) is 6.54 Å². The molecule has 0 aliphatic carbocycles. The van der Waals surface area contributed by atoms with Gasteiger partial charge >= 0.3 is 0 Å². The summed E-state index contributed by atoms with van der Waals surface area (Å²) in [6.45, 7) is 4.29. The van der Waals surface area contributed by atoms with Crippen molar-refractivity contribution in [1.29, 1.82) is 0 Å². The molecule has 2 aromatic carbocycles. The molecule has 148 valence electrons. The Morgan fingerprint density at radius 2 is 1.86 bits per heavy atom. The number of amides is 2. The number of nitrogens with one attached hydrogen (secondary N) is 2. The SMILES string of the molecule is COc1ccccc1C(=O)N[C@H](C(=O)NCc1ccc2c(c1)OCO2)C(C)C. The maximum Gasteiger partial charge on any atom is 0.255 e. The van der Waals surface area contributed by atoms with Gasteiger partial charge in [-0.25, -0.2) is 0 Å². The van der Waals surface area contributed by atoms with Gasteiger partial charge in [-0.3, -0.25) is 9.59 Å². The Labute approximate surface area is 164 Å². The fraction of sp³-hybridized carbons (Fsp3) is 0.333. The molecule has 28 heavy (non-hydrogen) atoms. The highest BCUT2D eigenvalue weighted by Crippen LogP contribution is 2.32. The molecule has 7 heteroatoms. The molecule has 0 unspecified atom stereocenters. The average Bonchev–Trinajstić information content (AvgIpc) is 3.17. The van der Waals surface area contributed by atoms with E-state index in [4.69, 9.17) is 14.2 Å². The Kier molecular flexibility index (Phi) is 6.03. The lowest BCUT2D eigenvalue weighted by molar-refractivity contribution is -0.124. The van der Waals surface area contributed by atoms with Gasteiger partial charge < -0.3 is 24.8 Å². The molecule has 0 spiro atoms. The summed E-state index contributed by atoms with van der Waals surface area (Å²) in [5, 5.41) is 5.69. The second-order valence-electron chi connectivity index (χ2n) is 6.80. The van der Waals surface area contributed by atoms with Crippen LogP contribution >= 0.6 is 0 Å². The van der Waals surface area contributed by atoms with Crippen LogP contribution < -0.4 is 24.8 Å². The average molecular weight is 384 g/mol. The zero-order valence-electron chi connectivity index (χ0n) is 16.2. The van der Waals surface area contributed by atoms with Gasteiger partial charge in [-0.1, -0.05) is 32.0 Å². The van der Waals surface area contributed by atoms with Crippen LogP contribution in [0.1, 0.15) is 29.8 Å². The molecule has 2 N–H and O–H groups in total. The molecule has 2 aromatic rings. The van der Waals surface area contributed by atoms with Gasteiger partial charge in [0.1, 0.15) is 11.8 Å². The van der Waals surface area contributed by atoms with Crippen molar-refractivity contribution >= 4 is 11.8 Å². The highest BCUT2D eigenvalue weighted by molar-refractivity contribution is 5.99. The molecule has 0 saturated heterocycles. The molecule has 0 bridgehead atoms. The standard InChI is InChI=1S/C21H24N2O5/c1-13(2)19(23-20(24)15-6-4-5-7-16(15)26-3)21(25)22-11-14-8-9-17-18(10-14)28-12-27-17/h4-10,13,19H,11-12H2,1-3H3,(H,22,25)(H,23,24)/t19-/m0/s1. The second kappa shape index (κ2) is 8.65. The molecule has 0 fully saturated rings. The number of rotatable bonds is 7. The summed E-state index contributed by atoms with van der Waals surface area (Å²) in [5.41, 5.74) is 1.27. The summed E-state index contributed by atoms with van der Waals surface area (Å²) in [5.74, 6) is 1.12. The zero-order chi connectivity index (χ0) is 20.1. The van der Waals surface area contributed by atoms with E-state index in [-0.39, 0.29) is 24.5 Å². The number of fused-ring (bicyclic) bond motifs is 1. The van der Waals surface area contributed by atoms with Crippen LogP contribution in [0.5, 0.6) is 17.2 Å². The van der Waals surface area contributed by atoms with Crippen molar-refractivity contribution < 1.29 is 23.8 Å². The van der Waals surface area contributed by atoms with Gasteiger partial charge in [0.2, 0.25) is 12.7 Å². The van der Waals surface area contributed by atoms with E-state index in [2.05, 4.69) is 10.6 Å². The Morgan fingerprint density at radius 1 is 1.11 bits per heavy atom. The Bertz CT molecular complexity index is 866. The van der Waals surface area contributed by atoms with Crippen LogP contribution in [0, 0.1) is 5.92 Å². The largest absolute Gasteiger partial charge is 0.496 e. The van der Waals surface area contributed by atoms with Gasteiger partial charge in [-0.2, -0.15) is 0 Å². The molecular formula is C21H24N2O5. The van der Waals surface area contributed by atoms with Crippen molar-refractivity contribution in [1.82, 2.24) is 10.6 Å². The molecule has 7 nitrogen and oxygen atoms in total. The van der Waals surface area contributed by atoms with Gasteiger partial charge in [0.25, 0.3) is 5.91 Å². The molecule has 0 saturated carbocycles. The van der Waals surface area contributed by atoms with E-state index in [0.29, 0.717) is 29.4 Å². The Morgan fingerprint density at radius 3 is 2.61 bits per heavy atom. The van der Waals surface area contributed by atoms with Crippen LogP contribution in [0.15, 0.2) is 42.5 Å². The summed E-state index contributed by atoms with van der Waals surface area (Å²) in [7, 11) is 1.50. The van der Waals surface area contributed by atoms with Crippen molar-refractivity contribution in [2.24, 2.45) is 5.92 Å². The maximum atomic E-state index is 12.7. The van der Waals surface area contributed by atoms with Crippen LogP contribution in [-0.4, -0.2) is 31.8 Å². The highest BCUT2D eigenvalue weighted by atomic mass is 16.7. The van der Waals surface area contributed by atoms with Crippen molar-refractivity contribution in [3.05, 3.63) is 53.6 Å². The minimum absolute atomic E-state index is 0.0876. The Balaban J connectivity index is 1.64. The first-order valence-electron chi connectivity index (χ1n) is 9.09. The van der Waals surface area contributed by atoms with Crippen LogP contribution in [0.3, 0.4) is 0 Å². The van der Waals surface area contributed by atoms with E-state index >= 15 is 0 Å². The van der Waals surface area contributed by atoms with E-state index in [1.165, 1.54) is 7.11 Å². The van der Waals surface area contributed by atoms with E-state index in [1.807, 2.05) is 32.0 Å². The zero-order valence-corrected chi connectivity index (χ0v) is 16.2. The smallest absolute Gasteiger partial charge is 0.255 e. The van der Waals surface area contributed by atoms with E-state index < -0.39 is 6.04 Å².